The molecule has 1 aliphatic rings. The zero-order valence-electron chi connectivity index (χ0n) is 5.43. The molecule has 1 atom stereocenters. The highest BCUT2D eigenvalue weighted by molar-refractivity contribution is 7.43. The van der Waals surface area contributed by atoms with Crippen molar-refractivity contribution < 1.29 is 29.4 Å². The fourth-order valence-electron chi connectivity index (χ4n) is 0.542. The highest BCUT2D eigenvalue weighted by Crippen LogP contribution is 2.26. The Labute approximate surface area is 62.0 Å². The van der Waals surface area contributed by atoms with E-state index in [-0.39, 0.29) is 12.5 Å². The summed E-state index contributed by atoms with van der Waals surface area (Å²) in [5.74, 6) is -0.279. The van der Waals surface area contributed by atoms with Crippen molar-refractivity contribution in [1.82, 2.24) is 0 Å². The molecule has 0 unspecified atom stereocenters. The average molecular weight is 181 g/mol. The lowest BCUT2D eigenvalue weighted by molar-refractivity contribution is -0.401. The third kappa shape index (κ3) is 2.47. The standard InChI is InChI=1S/C3H7N2O5P/c4-2-1-9-5-3(2)10-11(6,7)8/h2H,1,4H2,(H2,6,7,8)/p-1/t2-/m1/s1. The van der Waals surface area contributed by atoms with Crippen LogP contribution < -0.4 is 15.5 Å². The van der Waals surface area contributed by atoms with Gasteiger partial charge in [0.05, 0.1) is 0 Å². The van der Waals surface area contributed by atoms with E-state index >= 15 is 0 Å². The van der Waals surface area contributed by atoms with Crippen molar-refractivity contribution in [3.63, 3.8) is 0 Å². The summed E-state index contributed by atoms with van der Waals surface area (Å²) in [5.41, 5.74) is 3.42. The minimum Gasteiger partial charge on any atom is -0.780 e. The second-order valence-corrected chi connectivity index (χ2v) is 3.04. The van der Waals surface area contributed by atoms with Crippen LogP contribution in [0.15, 0.2) is 5.16 Å². The molecule has 0 amide bonds. The van der Waals surface area contributed by atoms with Crippen LogP contribution in [0.25, 0.3) is 0 Å². The first-order valence-corrected chi connectivity index (χ1v) is 4.20. The number of oxime groups is 1. The van der Waals surface area contributed by atoms with Gasteiger partial charge in [0, 0.05) is 0 Å². The minimum atomic E-state index is -5.00. The van der Waals surface area contributed by atoms with Crippen LogP contribution >= 0.6 is 7.82 Å². The lowest BCUT2D eigenvalue weighted by atomic mass is 10.3. The molecule has 8 heteroatoms. The maximum Gasteiger partial charge on any atom is 0.291 e. The molecule has 0 aliphatic carbocycles. The predicted molar refractivity (Wildman–Crippen MR) is 28.8 cm³/mol. The van der Waals surface area contributed by atoms with Crippen LogP contribution in [0.3, 0.4) is 0 Å². The van der Waals surface area contributed by atoms with Gasteiger partial charge in [0.1, 0.15) is 7.82 Å². The molecule has 7 nitrogen and oxygen atoms in total. The third-order valence-electron chi connectivity index (χ3n) is 0.985. The molecule has 1 rings (SSSR count). The highest BCUT2D eigenvalue weighted by atomic mass is 31.2. The zero-order valence-corrected chi connectivity index (χ0v) is 6.32. The van der Waals surface area contributed by atoms with E-state index in [0.717, 1.165) is 0 Å². The molecule has 0 radical (unpaired) electrons. The average Bonchev–Trinajstić information content (AvgIpc) is 2.12. The van der Waals surface area contributed by atoms with Gasteiger partial charge >= 0.3 is 0 Å². The second-order valence-electron chi connectivity index (χ2n) is 1.96. The number of rotatable bonds is 1. The molecular formula is C3H6N2O5P-. The Morgan fingerprint density at radius 1 is 1.82 bits per heavy atom. The van der Waals surface area contributed by atoms with Crippen molar-refractivity contribution in [3.8, 4) is 0 Å². The molecule has 0 saturated heterocycles. The Morgan fingerprint density at radius 2 is 2.45 bits per heavy atom. The fourth-order valence-corrected chi connectivity index (χ4v) is 0.954. The molecule has 0 bridgehead atoms. The molecular weight excluding hydrogens is 175 g/mol. The lowest BCUT2D eigenvalue weighted by Crippen LogP contribution is -2.65. The van der Waals surface area contributed by atoms with E-state index in [1.54, 1.807) is 0 Å². The quantitative estimate of drug-likeness (QED) is 0.426. The van der Waals surface area contributed by atoms with Crippen molar-refractivity contribution in [2.45, 2.75) is 6.04 Å². The van der Waals surface area contributed by atoms with Gasteiger partial charge < -0.3 is 29.4 Å². The van der Waals surface area contributed by atoms with Crippen molar-refractivity contribution in [2.24, 2.45) is 5.16 Å². The van der Waals surface area contributed by atoms with E-state index < -0.39 is 13.9 Å². The van der Waals surface area contributed by atoms with Crippen molar-refractivity contribution in [2.75, 3.05) is 6.61 Å². The maximum absolute atomic E-state index is 10.0. The molecule has 0 spiro atoms. The molecule has 0 saturated carbocycles. The highest BCUT2D eigenvalue weighted by Gasteiger charge is 2.25. The fraction of sp³-hybridized carbons (Fsp3) is 0.667. The molecule has 64 valence electrons. The predicted octanol–water partition coefficient (Wildman–Crippen LogP) is -3.21. The van der Waals surface area contributed by atoms with E-state index in [1.807, 2.05) is 0 Å². The van der Waals surface area contributed by atoms with Crippen LogP contribution in [0.1, 0.15) is 0 Å². The molecule has 0 aromatic rings. The summed E-state index contributed by atoms with van der Waals surface area (Å²) in [6, 6.07) is -0.522. The molecule has 1 heterocycles. The first-order chi connectivity index (χ1) is 4.99. The van der Waals surface area contributed by atoms with Crippen molar-refractivity contribution in [3.05, 3.63) is 0 Å². The van der Waals surface area contributed by atoms with Gasteiger partial charge in [-0.25, -0.2) is 0 Å². The first-order valence-electron chi connectivity index (χ1n) is 2.73. The topological polar surface area (TPSA) is 122 Å². The first kappa shape index (κ1) is 8.48. The molecule has 11 heavy (non-hydrogen) atoms. The monoisotopic (exact) mass is 181 g/mol. The summed E-state index contributed by atoms with van der Waals surface area (Å²) >= 11 is 0. The van der Waals surface area contributed by atoms with E-state index in [2.05, 4.69) is 20.3 Å². The van der Waals surface area contributed by atoms with Crippen LogP contribution in [-0.4, -0.2) is 18.5 Å². The third-order valence-corrected chi connectivity index (χ3v) is 1.40. The van der Waals surface area contributed by atoms with Crippen LogP contribution in [0.2, 0.25) is 0 Å². The number of quaternary nitrogens is 1. The molecule has 0 aromatic heterocycles. The summed E-state index contributed by atoms with van der Waals surface area (Å²) in [4.78, 5) is 24.5. The zero-order chi connectivity index (χ0) is 8.48. The van der Waals surface area contributed by atoms with Gasteiger partial charge in [-0.15, -0.1) is 0 Å². The largest absolute Gasteiger partial charge is 0.780 e. The van der Waals surface area contributed by atoms with E-state index in [1.165, 1.54) is 0 Å². The van der Waals surface area contributed by atoms with Gasteiger partial charge in [0.2, 0.25) is 6.04 Å². The number of hydrogen-bond acceptors (Lipinski definition) is 6. The van der Waals surface area contributed by atoms with E-state index in [9.17, 15) is 14.4 Å². The summed E-state index contributed by atoms with van der Waals surface area (Å²) in [6.45, 7) is 0.134. The van der Waals surface area contributed by atoms with Gasteiger partial charge in [-0.1, -0.05) is 0 Å². The summed E-state index contributed by atoms with van der Waals surface area (Å²) in [5, 5.41) is 3.16. The van der Waals surface area contributed by atoms with Gasteiger partial charge in [-0.2, -0.15) is 0 Å². The normalized spacial score (nSPS) is 24.3. The Balaban J connectivity index is 2.56. The van der Waals surface area contributed by atoms with Gasteiger partial charge in [0.25, 0.3) is 5.90 Å². The SMILES string of the molecule is [NH3+][C@@H]1CON=C1OP(=O)([O-])[O-]. The van der Waals surface area contributed by atoms with E-state index in [0.29, 0.717) is 0 Å². The number of nitrogens with zero attached hydrogens (tertiary/aromatic N) is 1. The van der Waals surface area contributed by atoms with Crippen LogP contribution in [0, 0.1) is 0 Å². The van der Waals surface area contributed by atoms with Crippen LogP contribution in [0.5, 0.6) is 0 Å². The smallest absolute Gasteiger partial charge is 0.291 e. The van der Waals surface area contributed by atoms with Crippen LogP contribution in [-0.2, 0) is 13.9 Å². The Morgan fingerprint density at radius 3 is 2.82 bits per heavy atom. The molecule has 3 N–H and O–H groups in total. The van der Waals surface area contributed by atoms with E-state index in [4.69, 9.17) is 0 Å². The number of phosphoric acid groups is 1. The van der Waals surface area contributed by atoms with Gasteiger partial charge in [-0.05, 0) is 5.16 Å². The minimum absolute atomic E-state index is 0.134. The Hall–Kier alpha value is -0.620. The summed E-state index contributed by atoms with van der Waals surface area (Å²) in [7, 11) is -5.00. The number of phosphoric ester groups is 1. The molecule has 0 fully saturated rings. The summed E-state index contributed by atoms with van der Waals surface area (Å²) in [6.07, 6.45) is 0. The molecule has 1 aliphatic heterocycles. The Bertz CT molecular complexity index is 222. The van der Waals surface area contributed by atoms with Crippen molar-refractivity contribution >= 4 is 13.7 Å². The Kier molecular flexibility index (Phi) is 2.15. The maximum atomic E-state index is 10.0. The van der Waals surface area contributed by atoms with Gasteiger partial charge in [-0.3, -0.25) is 0 Å². The number of hydrogen-bond donors (Lipinski definition) is 1. The van der Waals surface area contributed by atoms with Gasteiger partial charge in [0.15, 0.2) is 6.61 Å². The molecule has 0 aromatic carbocycles. The van der Waals surface area contributed by atoms with Crippen LogP contribution in [0.4, 0.5) is 0 Å². The second kappa shape index (κ2) is 2.78. The van der Waals surface area contributed by atoms with Crippen molar-refractivity contribution in [1.29, 1.82) is 0 Å². The lowest BCUT2D eigenvalue weighted by Gasteiger charge is -2.28. The summed E-state index contributed by atoms with van der Waals surface area (Å²) < 4.78 is 13.9.